The van der Waals surface area contributed by atoms with Gasteiger partial charge in [-0.3, -0.25) is 0 Å². The van der Waals surface area contributed by atoms with Crippen molar-refractivity contribution in [2.45, 2.75) is 12.5 Å². The first kappa shape index (κ1) is 17.1. The molecule has 0 N–H and O–H groups in total. The molecule has 0 radical (unpaired) electrons. The molecular weight excluding hydrogens is 391 g/mol. The van der Waals surface area contributed by atoms with Gasteiger partial charge in [-0.15, -0.1) is 0 Å². The number of carbonyl (C=O) groups excluding carboxylic acids is 1. The van der Waals surface area contributed by atoms with Crippen LogP contribution in [-0.4, -0.2) is 19.2 Å². The molecule has 1 atom stereocenters. The Morgan fingerprint density at radius 2 is 1.77 bits per heavy atom. The largest absolute Gasteiger partial charge is 0.475 e. The van der Waals surface area contributed by atoms with Gasteiger partial charge in [0.2, 0.25) is 0 Å². The molecule has 0 aliphatic rings. The lowest BCUT2D eigenvalue weighted by molar-refractivity contribution is -0.148. The summed E-state index contributed by atoms with van der Waals surface area (Å²) in [5, 5.41) is 0.641. The number of esters is 1. The van der Waals surface area contributed by atoms with E-state index in [2.05, 4.69) is 15.9 Å². The van der Waals surface area contributed by atoms with Gasteiger partial charge in [-0.05, 0) is 17.7 Å². The number of carbonyl (C=O) groups is 1. The summed E-state index contributed by atoms with van der Waals surface area (Å²) in [4.78, 5) is 12.0. The quantitative estimate of drug-likeness (QED) is 0.664. The van der Waals surface area contributed by atoms with Crippen molar-refractivity contribution in [3.8, 4) is 5.75 Å². The lowest BCUT2D eigenvalue weighted by Crippen LogP contribution is -2.31. The summed E-state index contributed by atoms with van der Waals surface area (Å²) in [7, 11) is 1.31. The number of hydrogen-bond acceptors (Lipinski definition) is 3. The van der Waals surface area contributed by atoms with Gasteiger partial charge in [0.1, 0.15) is 0 Å². The van der Waals surface area contributed by atoms with E-state index in [1.807, 2.05) is 30.3 Å². The number of hydrogen-bond donors (Lipinski definition) is 0. The Morgan fingerprint density at radius 3 is 2.32 bits per heavy atom. The van der Waals surface area contributed by atoms with E-state index in [9.17, 15) is 4.79 Å². The Morgan fingerprint density at radius 1 is 1.18 bits per heavy atom. The van der Waals surface area contributed by atoms with Gasteiger partial charge in [0, 0.05) is 10.9 Å². The van der Waals surface area contributed by atoms with Crippen molar-refractivity contribution < 1.29 is 14.3 Å². The molecule has 1 unspecified atom stereocenters. The Kier molecular flexibility index (Phi) is 6.12. The minimum absolute atomic E-state index is 0.262. The second-order valence-electron chi connectivity index (χ2n) is 4.52. The molecule has 2 aromatic rings. The molecule has 0 amide bonds. The van der Waals surface area contributed by atoms with Crippen LogP contribution < -0.4 is 4.74 Å². The summed E-state index contributed by atoms with van der Waals surface area (Å²) in [5.74, 6) is -0.225. The van der Waals surface area contributed by atoms with Crippen molar-refractivity contribution in [1.82, 2.24) is 0 Å². The van der Waals surface area contributed by atoms with Crippen LogP contribution in [0.2, 0.25) is 10.0 Å². The zero-order valence-electron chi connectivity index (χ0n) is 11.7. The maximum absolute atomic E-state index is 12.0. The first-order chi connectivity index (χ1) is 10.5. The predicted molar refractivity (Wildman–Crippen MR) is 90.7 cm³/mol. The lowest BCUT2D eigenvalue weighted by atomic mass is 10.1. The normalized spacial score (nSPS) is 11.8. The zero-order chi connectivity index (χ0) is 16.1. The van der Waals surface area contributed by atoms with Crippen LogP contribution in [0, 0.1) is 0 Å². The summed E-state index contributed by atoms with van der Waals surface area (Å²) in [5.41, 5.74) is 0.947. The molecule has 0 fully saturated rings. The Bertz CT molecular complexity index is 639. The first-order valence-electron chi connectivity index (χ1n) is 6.44. The van der Waals surface area contributed by atoms with Crippen LogP contribution in [0.3, 0.4) is 0 Å². The highest BCUT2D eigenvalue weighted by Crippen LogP contribution is 2.36. The van der Waals surface area contributed by atoms with Crippen molar-refractivity contribution in [1.29, 1.82) is 0 Å². The van der Waals surface area contributed by atoms with E-state index < -0.39 is 12.1 Å². The SMILES string of the molecule is COC(=O)C(Cc1ccccc1)Oc1c(Cl)cc(Br)cc1Cl. The highest BCUT2D eigenvalue weighted by atomic mass is 79.9. The van der Waals surface area contributed by atoms with Crippen LogP contribution in [-0.2, 0) is 16.0 Å². The highest BCUT2D eigenvalue weighted by molar-refractivity contribution is 9.10. The summed E-state index contributed by atoms with van der Waals surface area (Å²) in [6.07, 6.45) is -0.473. The topological polar surface area (TPSA) is 35.5 Å². The monoisotopic (exact) mass is 402 g/mol. The van der Waals surface area contributed by atoms with Crippen molar-refractivity contribution >= 4 is 45.1 Å². The molecule has 0 bridgehead atoms. The van der Waals surface area contributed by atoms with Crippen molar-refractivity contribution in [2.75, 3.05) is 7.11 Å². The zero-order valence-corrected chi connectivity index (χ0v) is 14.8. The fourth-order valence-corrected chi connectivity index (χ4v) is 3.21. The van der Waals surface area contributed by atoms with Crippen molar-refractivity contribution in [3.05, 3.63) is 62.5 Å². The number of ether oxygens (including phenoxy) is 2. The van der Waals surface area contributed by atoms with Gasteiger partial charge in [-0.1, -0.05) is 69.5 Å². The van der Waals surface area contributed by atoms with Gasteiger partial charge in [-0.2, -0.15) is 0 Å². The van der Waals surface area contributed by atoms with Gasteiger partial charge in [0.05, 0.1) is 17.2 Å². The molecule has 0 aliphatic carbocycles. The highest BCUT2D eigenvalue weighted by Gasteiger charge is 2.24. The first-order valence-corrected chi connectivity index (χ1v) is 7.99. The Balaban J connectivity index is 2.26. The summed E-state index contributed by atoms with van der Waals surface area (Å²) in [6, 6.07) is 12.8. The molecule has 2 rings (SSSR count). The number of rotatable bonds is 5. The molecule has 0 aromatic heterocycles. The van der Waals surface area contributed by atoms with E-state index in [0.29, 0.717) is 16.5 Å². The van der Waals surface area contributed by atoms with Crippen molar-refractivity contribution in [2.24, 2.45) is 0 Å². The molecule has 0 spiro atoms. The number of methoxy groups -OCH3 is 1. The smallest absolute Gasteiger partial charge is 0.347 e. The van der Waals surface area contributed by atoms with Crippen LogP contribution in [0.5, 0.6) is 5.75 Å². The molecule has 22 heavy (non-hydrogen) atoms. The molecular formula is C16H13BrCl2O3. The van der Waals surface area contributed by atoms with E-state index >= 15 is 0 Å². The van der Waals surface area contributed by atoms with Gasteiger partial charge in [0.25, 0.3) is 0 Å². The molecule has 6 heteroatoms. The van der Waals surface area contributed by atoms with Gasteiger partial charge >= 0.3 is 5.97 Å². The van der Waals surface area contributed by atoms with E-state index in [-0.39, 0.29) is 5.75 Å². The minimum atomic E-state index is -0.830. The molecule has 3 nitrogen and oxygen atoms in total. The van der Waals surface area contributed by atoms with Gasteiger partial charge < -0.3 is 9.47 Å². The summed E-state index contributed by atoms with van der Waals surface area (Å²) in [6.45, 7) is 0. The van der Waals surface area contributed by atoms with Crippen LogP contribution in [0.4, 0.5) is 0 Å². The maximum atomic E-state index is 12.0. The minimum Gasteiger partial charge on any atom is -0.475 e. The van der Waals surface area contributed by atoms with Gasteiger partial charge in [0.15, 0.2) is 11.9 Å². The van der Waals surface area contributed by atoms with E-state index in [1.54, 1.807) is 12.1 Å². The molecule has 0 saturated carbocycles. The van der Waals surface area contributed by atoms with Crippen LogP contribution >= 0.6 is 39.1 Å². The third-order valence-corrected chi connectivity index (χ3v) is 3.97. The number of halogens is 3. The van der Waals surface area contributed by atoms with Crippen LogP contribution in [0.15, 0.2) is 46.9 Å². The Hall–Kier alpha value is -1.23. The fourth-order valence-electron chi connectivity index (χ4n) is 1.92. The third-order valence-electron chi connectivity index (χ3n) is 2.95. The molecule has 116 valence electrons. The van der Waals surface area contributed by atoms with Crippen molar-refractivity contribution in [3.63, 3.8) is 0 Å². The second-order valence-corrected chi connectivity index (χ2v) is 6.25. The Labute approximate surface area is 147 Å². The van der Waals surface area contributed by atoms with Crippen LogP contribution in [0.1, 0.15) is 5.56 Å². The molecule has 0 saturated heterocycles. The van der Waals surface area contributed by atoms with E-state index in [1.165, 1.54) is 7.11 Å². The van der Waals surface area contributed by atoms with Gasteiger partial charge in [-0.25, -0.2) is 4.79 Å². The molecule has 0 aliphatic heterocycles. The maximum Gasteiger partial charge on any atom is 0.347 e. The molecule has 0 heterocycles. The average molecular weight is 404 g/mol. The lowest BCUT2D eigenvalue weighted by Gasteiger charge is -2.19. The fraction of sp³-hybridized carbons (Fsp3) is 0.188. The third kappa shape index (κ3) is 4.38. The number of benzene rings is 2. The predicted octanol–water partition coefficient (Wildman–Crippen LogP) is 4.92. The average Bonchev–Trinajstić information content (AvgIpc) is 2.49. The standard InChI is InChI=1S/C16H13BrCl2O3/c1-21-16(20)14(7-10-5-3-2-4-6-10)22-15-12(18)8-11(17)9-13(15)19/h2-6,8-9,14H,7H2,1H3. The van der Waals surface area contributed by atoms with E-state index in [0.717, 1.165) is 10.0 Å². The summed E-state index contributed by atoms with van der Waals surface area (Å²) < 4.78 is 11.3. The molecule has 2 aromatic carbocycles. The van der Waals surface area contributed by atoms with E-state index in [4.69, 9.17) is 32.7 Å². The van der Waals surface area contributed by atoms with Crippen LogP contribution in [0.25, 0.3) is 0 Å². The second kappa shape index (κ2) is 7.86. The summed E-state index contributed by atoms with van der Waals surface area (Å²) >= 11 is 15.6.